The minimum absolute atomic E-state index is 0.107. The first kappa shape index (κ1) is 29.5. The molecule has 7 aromatic carbocycles. The first-order valence-corrected chi connectivity index (χ1v) is 18.4. The molecule has 0 radical (unpaired) electrons. The third-order valence-electron chi connectivity index (χ3n) is 11.5. The summed E-state index contributed by atoms with van der Waals surface area (Å²) in [6, 6.07) is 56.7. The molecule has 0 unspecified atom stereocenters. The van der Waals surface area contributed by atoms with Crippen LogP contribution < -0.4 is 4.90 Å². The average molecular weight is 660 g/mol. The van der Waals surface area contributed by atoms with Gasteiger partial charge in [-0.15, -0.1) is 11.3 Å². The molecule has 50 heavy (non-hydrogen) atoms. The average Bonchev–Trinajstić information content (AvgIpc) is 3.72. The summed E-state index contributed by atoms with van der Waals surface area (Å²) in [7, 11) is 0. The topological polar surface area (TPSA) is 3.24 Å². The number of para-hydroxylation sites is 1. The van der Waals surface area contributed by atoms with Crippen LogP contribution in [0.15, 0.2) is 152 Å². The van der Waals surface area contributed by atoms with Crippen LogP contribution in [0.1, 0.15) is 49.9 Å². The molecule has 0 aliphatic heterocycles. The molecule has 2 aliphatic carbocycles. The Labute approximate surface area is 298 Å². The Balaban J connectivity index is 1.27. The van der Waals surface area contributed by atoms with E-state index in [-0.39, 0.29) is 10.8 Å². The highest BCUT2D eigenvalue weighted by molar-refractivity contribution is 7.26. The lowest BCUT2D eigenvalue weighted by Crippen LogP contribution is -2.21. The molecule has 2 aliphatic rings. The van der Waals surface area contributed by atoms with E-state index in [4.69, 9.17) is 0 Å². The first-order valence-electron chi connectivity index (χ1n) is 17.6. The quantitative estimate of drug-likeness (QED) is 0.182. The smallest absolute Gasteiger partial charge is 0.0540 e. The fourth-order valence-corrected chi connectivity index (χ4v) is 10.3. The summed E-state index contributed by atoms with van der Waals surface area (Å²) in [5.41, 5.74) is 16.7. The number of nitrogens with zero attached hydrogens (tertiary/aromatic N) is 1. The van der Waals surface area contributed by atoms with E-state index in [0.29, 0.717) is 0 Å². The molecule has 1 heterocycles. The molecule has 0 saturated heterocycles. The molecule has 0 fully saturated rings. The van der Waals surface area contributed by atoms with Gasteiger partial charge in [-0.3, -0.25) is 0 Å². The van der Waals surface area contributed by atoms with Crippen molar-refractivity contribution in [2.75, 3.05) is 4.90 Å². The highest BCUT2D eigenvalue weighted by atomic mass is 32.1. The summed E-state index contributed by atoms with van der Waals surface area (Å²) in [5, 5.41) is 2.64. The minimum Gasteiger partial charge on any atom is -0.310 e. The van der Waals surface area contributed by atoms with Crippen molar-refractivity contribution in [2.45, 2.75) is 38.5 Å². The number of fused-ring (bicyclic) bond motifs is 9. The van der Waals surface area contributed by atoms with E-state index in [2.05, 4.69) is 184 Å². The first-order chi connectivity index (χ1) is 24.3. The van der Waals surface area contributed by atoms with Crippen molar-refractivity contribution in [1.29, 1.82) is 0 Å². The van der Waals surface area contributed by atoms with Crippen molar-refractivity contribution < 1.29 is 0 Å². The molecular formula is C48H37NS. The van der Waals surface area contributed by atoms with Crippen molar-refractivity contribution >= 4 is 48.6 Å². The van der Waals surface area contributed by atoms with Crippen LogP contribution in [-0.2, 0) is 10.8 Å². The van der Waals surface area contributed by atoms with Gasteiger partial charge in [-0.05, 0) is 74.8 Å². The molecule has 0 atom stereocenters. The number of hydrogen-bond donors (Lipinski definition) is 0. The van der Waals surface area contributed by atoms with Crippen molar-refractivity contribution in [3.63, 3.8) is 0 Å². The van der Waals surface area contributed by atoms with Gasteiger partial charge in [-0.25, -0.2) is 0 Å². The largest absolute Gasteiger partial charge is 0.310 e. The number of benzene rings is 7. The summed E-state index contributed by atoms with van der Waals surface area (Å²) < 4.78 is 2.66. The monoisotopic (exact) mass is 659 g/mol. The van der Waals surface area contributed by atoms with E-state index in [1.165, 1.54) is 92.9 Å². The lowest BCUT2D eigenvalue weighted by Gasteiger charge is -2.34. The lowest BCUT2D eigenvalue weighted by atomic mass is 9.80. The zero-order valence-corrected chi connectivity index (χ0v) is 29.6. The van der Waals surface area contributed by atoms with Crippen molar-refractivity contribution in [3.05, 3.63) is 174 Å². The second kappa shape index (κ2) is 10.5. The van der Waals surface area contributed by atoms with Crippen LogP contribution in [0.5, 0.6) is 0 Å². The summed E-state index contributed by atoms with van der Waals surface area (Å²) >= 11 is 1.90. The molecular weight excluding hydrogens is 623 g/mol. The molecule has 1 aromatic heterocycles. The van der Waals surface area contributed by atoms with Crippen LogP contribution in [0.25, 0.3) is 53.6 Å². The molecule has 0 spiro atoms. The lowest BCUT2D eigenvalue weighted by molar-refractivity contribution is 0.658. The van der Waals surface area contributed by atoms with Gasteiger partial charge in [0.15, 0.2) is 0 Å². The van der Waals surface area contributed by atoms with Gasteiger partial charge in [0.2, 0.25) is 0 Å². The highest BCUT2D eigenvalue weighted by Crippen LogP contribution is 2.57. The van der Waals surface area contributed by atoms with E-state index in [0.717, 1.165) is 0 Å². The van der Waals surface area contributed by atoms with Crippen LogP contribution >= 0.6 is 11.3 Å². The number of hydrogen-bond acceptors (Lipinski definition) is 2. The van der Waals surface area contributed by atoms with Crippen LogP contribution in [0.2, 0.25) is 0 Å². The van der Waals surface area contributed by atoms with Crippen LogP contribution in [0.4, 0.5) is 17.1 Å². The molecule has 240 valence electrons. The number of thiophene rings is 1. The number of rotatable bonds is 4. The second-order valence-corrected chi connectivity index (χ2v) is 16.0. The van der Waals surface area contributed by atoms with Crippen LogP contribution in [-0.4, -0.2) is 0 Å². The fourth-order valence-electron chi connectivity index (χ4n) is 9.10. The van der Waals surface area contributed by atoms with Gasteiger partial charge >= 0.3 is 0 Å². The van der Waals surface area contributed by atoms with Gasteiger partial charge in [0.05, 0.1) is 11.4 Å². The minimum atomic E-state index is -0.173. The van der Waals surface area contributed by atoms with Crippen molar-refractivity contribution in [2.24, 2.45) is 0 Å². The maximum absolute atomic E-state index is 2.56. The molecule has 0 N–H and O–H groups in total. The predicted molar refractivity (Wildman–Crippen MR) is 215 cm³/mol. The molecule has 1 nitrogen and oxygen atoms in total. The summed E-state index contributed by atoms with van der Waals surface area (Å²) in [5.74, 6) is 0. The van der Waals surface area contributed by atoms with Gasteiger partial charge in [-0.2, -0.15) is 0 Å². The SMILES string of the molecule is CC1(C)c2ccccc2-c2ccc(N(c3ccccc3-c3cccc4c3sc3ccccc34)c3cccc4c3C(C)(C)c3ccccc3-4)cc21. The Kier molecular flexibility index (Phi) is 6.21. The summed E-state index contributed by atoms with van der Waals surface area (Å²) in [6.45, 7) is 9.54. The second-order valence-electron chi connectivity index (χ2n) is 14.9. The molecule has 0 saturated carbocycles. The molecule has 10 rings (SSSR count). The van der Waals surface area contributed by atoms with E-state index >= 15 is 0 Å². The van der Waals surface area contributed by atoms with E-state index in [1.54, 1.807) is 0 Å². The zero-order valence-electron chi connectivity index (χ0n) is 28.8. The third-order valence-corrected chi connectivity index (χ3v) is 12.7. The molecule has 2 heteroatoms. The Bertz CT molecular complexity index is 2670. The molecule has 8 aromatic rings. The van der Waals surface area contributed by atoms with Gasteiger partial charge in [0, 0.05) is 47.8 Å². The van der Waals surface area contributed by atoms with Crippen LogP contribution in [0, 0.1) is 0 Å². The third kappa shape index (κ3) is 4.00. The summed E-state index contributed by atoms with van der Waals surface area (Å²) in [4.78, 5) is 2.56. The van der Waals surface area contributed by atoms with Gasteiger partial charge in [0.25, 0.3) is 0 Å². The van der Waals surface area contributed by atoms with E-state index in [9.17, 15) is 0 Å². The Morgan fingerprint density at radius 3 is 1.80 bits per heavy atom. The van der Waals surface area contributed by atoms with Gasteiger partial charge in [0.1, 0.15) is 0 Å². The van der Waals surface area contributed by atoms with Gasteiger partial charge in [-0.1, -0.05) is 149 Å². The zero-order chi connectivity index (χ0) is 33.8. The highest BCUT2D eigenvalue weighted by Gasteiger charge is 2.40. The van der Waals surface area contributed by atoms with Crippen molar-refractivity contribution in [1.82, 2.24) is 0 Å². The van der Waals surface area contributed by atoms with Crippen molar-refractivity contribution in [3.8, 4) is 33.4 Å². The summed E-state index contributed by atoms with van der Waals surface area (Å²) in [6.07, 6.45) is 0. The fraction of sp³-hybridized carbons (Fsp3) is 0.125. The maximum atomic E-state index is 2.56. The van der Waals surface area contributed by atoms with Gasteiger partial charge < -0.3 is 4.90 Å². The number of anilines is 3. The predicted octanol–water partition coefficient (Wildman–Crippen LogP) is 13.8. The Morgan fingerprint density at radius 2 is 0.980 bits per heavy atom. The van der Waals surface area contributed by atoms with Crippen LogP contribution in [0.3, 0.4) is 0 Å². The Morgan fingerprint density at radius 1 is 0.420 bits per heavy atom. The van der Waals surface area contributed by atoms with E-state index in [1.807, 2.05) is 11.3 Å². The Hall–Kier alpha value is -5.44. The molecule has 0 bridgehead atoms. The molecule has 0 amide bonds. The maximum Gasteiger partial charge on any atom is 0.0540 e. The standard InChI is InChI=1S/C48H37NS/c1-47(2)39-22-9-5-15-31(39)33-28-27-30(29-41(33)47)49(43-25-14-19-36-32-16-6-10-23-40(32)48(3,4)45(36)43)42-24-11-7-17-34(42)37-20-13-21-38-35-18-8-12-26-44(35)50-46(37)38/h5-29H,1-4H3. The normalized spacial score (nSPS) is 14.7. The van der Waals surface area contributed by atoms with E-state index < -0.39 is 0 Å².